The largest absolute Gasteiger partial charge is 0.494 e. The van der Waals surface area contributed by atoms with Crippen molar-refractivity contribution in [1.29, 1.82) is 0 Å². The molecule has 3 fully saturated rings. The summed E-state index contributed by atoms with van der Waals surface area (Å²) in [6.45, 7) is 6.52. The van der Waals surface area contributed by atoms with Crippen LogP contribution in [0.4, 0.5) is 5.69 Å². The molecule has 2 aromatic rings. The van der Waals surface area contributed by atoms with Crippen molar-refractivity contribution in [2.24, 2.45) is 0 Å². The van der Waals surface area contributed by atoms with Crippen LogP contribution in [0.5, 0.6) is 5.75 Å². The normalized spacial score (nSPS) is 22.1. The molecular weight excluding hydrogens is 494 g/mol. The molecule has 0 radical (unpaired) electrons. The Bertz CT molecular complexity index is 1120. The molecule has 8 heteroatoms. The summed E-state index contributed by atoms with van der Waals surface area (Å²) in [5.41, 5.74) is 2.51. The first kappa shape index (κ1) is 27.2. The van der Waals surface area contributed by atoms with Crippen LogP contribution in [-0.4, -0.2) is 91.4 Å². The van der Waals surface area contributed by atoms with Gasteiger partial charge in [0.1, 0.15) is 5.75 Å². The fraction of sp³-hybridized carbons (Fsp3) is 0.484. The van der Waals surface area contributed by atoms with Gasteiger partial charge in [-0.3, -0.25) is 9.69 Å². The van der Waals surface area contributed by atoms with Gasteiger partial charge in [-0.25, -0.2) is 4.79 Å². The SMILES string of the molecule is O=C(O)C=Cc1ccc(C(=O)N2CCN(c3ccc(OCCCN4CCOC5CCCCC54)cc3)CC2)cc1. The minimum atomic E-state index is -0.994. The van der Waals surface area contributed by atoms with Gasteiger partial charge >= 0.3 is 5.97 Å². The Labute approximate surface area is 230 Å². The number of amides is 1. The summed E-state index contributed by atoms with van der Waals surface area (Å²) in [7, 11) is 0. The average molecular weight is 534 g/mol. The Morgan fingerprint density at radius 2 is 1.69 bits per heavy atom. The number of carbonyl (C=O) groups is 2. The van der Waals surface area contributed by atoms with E-state index in [1.54, 1.807) is 24.3 Å². The molecule has 39 heavy (non-hydrogen) atoms. The number of carbonyl (C=O) groups excluding carboxylic acids is 1. The van der Waals surface area contributed by atoms with Crippen molar-refractivity contribution in [3.05, 3.63) is 65.7 Å². The lowest BCUT2D eigenvalue weighted by molar-refractivity contribution is -0.131. The molecule has 2 aliphatic heterocycles. The first-order chi connectivity index (χ1) is 19.1. The summed E-state index contributed by atoms with van der Waals surface area (Å²) >= 11 is 0. The van der Waals surface area contributed by atoms with Gasteiger partial charge in [-0.1, -0.05) is 25.0 Å². The number of benzene rings is 2. The van der Waals surface area contributed by atoms with Crippen LogP contribution < -0.4 is 9.64 Å². The van der Waals surface area contributed by atoms with Crippen LogP contribution in [0.3, 0.4) is 0 Å². The topological polar surface area (TPSA) is 82.5 Å². The van der Waals surface area contributed by atoms with Crippen LogP contribution in [0.2, 0.25) is 0 Å². The number of anilines is 1. The molecule has 1 saturated carbocycles. The highest BCUT2D eigenvalue weighted by molar-refractivity contribution is 5.94. The first-order valence-corrected chi connectivity index (χ1v) is 14.2. The molecule has 0 aromatic heterocycles. The maximum atomic E-state index is 12.9. The summed E-state index contributed by atoms with van der Waals surface area (Å²) in [4.78, 5) is 30.4. The number of aliphatic carboxylic acids is 1. The van der Waals surface area contributed by atoms with Gasteiger partial charge in [0.2, 0.25) is 0 Å². The lowest BCUT2D eigenvalue weighted by atomic mass is 9.90. The third kappa shape index (κ3) is 7.19. The van der Waals surface area contributed by atoms with Gasteiger partial charge in [0, 0.05) is 62.6 Å². The molecule has 0 bridgehead atoms. The van der Waals surface area contributed by atoms with Gasteiger partial charge < -0.3 is 24.4 Å². The highest BCUT2D eigenvalue weighted by Crippen LogP contribution is 2.28. The predicted octanol–water partition coefficient (Wildman–Crippen LogP) is 4.16. The molecule has 1 N–H and O–H groups in total. The number of carboxylic acids is 1. The van der Waals surface area contributed by atoms with Gasteiger partial charge in [-0.05, 0) is 67.3 Å². The maximum absolute atomic E-state index is 12.9. The number of rotatable bonds is 9. The summed E-state index contributed by atoms with van der Waals surface area (Å²) in [5.74, 6) is -0.0957. The van der Waals surface area contributed by atoms with Crippen molar-refractivity contribution in [3.63, 3.8) is 0 Å². The predicted molar refractivity (Wildman–Crippen MR) is 151 cm³/mol. The quantitative estimate of drug-likeness (QED) is 0.383. The number of hydrogen-bond donors (Lipinski definition) is 1. The highest BCUT2D eigenvalue weighted by Gasteiger charge is 2.33. The van der Waals surface area contributed by atoms with Crippen molar-refractivity contribution in [2.75, 3.05) is 57.4 Å². The second-order valence-corrected chi connectivity index (χ2v) is 10.6. The van der Waals surface area contributed by atoms with Gasteiger partial charge in [-0.2, -0.15) is 0 Å². The van der Waals surface area contributed by atoms with E-state index in [1.165, 1.54) is 31.8 Å². The molecule has 2 atom stereocenters. The minimum absolute atomic E-state index is 0.00301. The van der Waals surface area contributed by atoms with Crippen LogP contribution in [0, 0.1) is 0 Å². The van der Waals surface area contributed by atoms with Gasteiger partial charge in [0.25, 0.3) is 5.91 Å². The molecular formula is C31H39N3O5. The van der Waals surface area contributed by atoms with Crippen LogP contribution in [0.15, 0.2) is 54.6 Å². The number of piperazine rings is 1. The van der Waals surface area contributed by atoms with E-state index in [2.05, 4.69) is 21.9 Å². The number of fused-ring (bicyclic) bond motifs is 1. The second-order valence-electron chi connectivity index (χ2n) is 10.6. The second kappa shape index (κ2) is 13.1. The monoisotopic (exact) mass is 533 g/mol. The van der Waals surface area contributed by atoms with Gasteiger partial charge in [0.05, 0.1) is 19.3 Å². The van der Waals surface area contributed by atoms with Crippen LogP contribution in [0.25, 0.3) is 6.08 Å². The van der Waals surface area contributed by atoms with Crippen LogP contribution >= 0.6 is 0 Å². The minimum Gasteiger partial charge on any atom is -0.494 e. The molecule has 0 spiro atoms. The Morgan fingerprint density at radius 3 is 2.44 bits per heavy atom. The van der Waals surface area contributed by atoms with E-state index in [0.717, 1.165) is 62.3 Å². The van der Waals surface area contributed by atoms with Crippen molar-refractivity contribution < 1.29 is 24.2 Å². The number of ether oxygens (including phenoxy) is 2. The van der Waals surface area contributed by atoms with Crippen molar-refractivity contribution >= 4 is 23.6 Å². The summed E-state index contributed by atoms with van der Waals surface area (Å²) in [6.07, 6.45) is 9.14. The number of nitrogens with zero attached hydrogens (tertiary/aromatic N) is 3. The molecule has 1 aliphatic carbocycles. The number of hydrogen-bond acceptors (Lipinski definition) is 6. The standard InChI is InChI=1S/C31H39N3O5/c35-30(36)15-8-24-6-9-25(10-7-24)31(37)34-19-17-32(18-20-34)26-11-13-27(14-12-26)38-22-3-16-33-21-23-39-29-5-2-1-4-28(29)33/h6-15,28-29H,1-5,16-23H2,(H,35,36). The maximum Gasteiger partial charge on any atom is 0.328 e. The van der Waals surface area contributed by atoms with Crippen LogP contribution in [-0.2, 0) is 9.53 Å². The number of morpholine rings is 1. The zero-order valence-corrected chi connectivity index (χ0v) is 22.5. The molecule has 1 amide bonds. The Hall–Kier alpha value is -3.36. The molecule has 2 heterocycles. The molecule has 3 aliphatic rings. The fourth-order valence-corrected chi connectivity index (χ4v) is 5.92. The van der Waals surface area contributed by atoms with Crippen molar-refractivity contribution in [1.82, 2.24) is 9.80 Å². The fourth-order valence-electron chi connectivity index (χ4n) is 5.92. The van der Waals surface area contributed by atoms with Crippen molar-refractivity contribution in [3.8, 4) is 5.75 Å². The van der Waals surface area contributed by atoms with E-state index in [4.69, 9.17) is 14.6 Å². The summed E-state index contributed by atoms with van der Waals surface area (Å²) in [5, 5.41) is 8.76. The van der Waals surface area contributed by atoms with Crippen molar-refractivity contribution in [2.45, 2.75) is 44.2 Å². The van der Waals surface area contributed by atoms with E-state index >= 15 is 0 Å². The summed E-state index contributed by atoms with van der Waals surface area (Å²) in [6, 6.07) is 15.9. The Balaban J connectivity index is 1.04. The van der Waals surface area contributed by atoms with E-state index in [1.807, 2.05) is 17.0 Å². The molecule has 2 aromatic carbocycles. The van der Waals surface area contributed by atoms with E-state index in [9.17, 15) is 9.59 Å². The first-order valence-electron chi connectivity index (χ1n) is 14.2. The molecule has 8 nitrogen and oxygen atoms in total. The number of carboxylic acid groups (broad SMARTS) is 1. The molecule has 208 valence electrons. The van der Waals surface area contributed by atoms with Gasteiger partial charge in [0.15, 0.2) is 0 Å². The zero-order valence-electron chi connectivity index (χ0n) is 22.5. The van der Waals surface area contributed by atoms with E-state index in [-0.39, 0.29) is 5.91 Å². The Morgan fingerprint density at radius 1 is 0.949 bits per heavy atom. The molecule has 2 unspecified atom stereocenters. The third-order valence-electron chi connectivity index (χ3n) is 8.05. The van der Waals surface area contributed by atoms with E-state index in [0.29, 0.717) is 37.4 Å². The molecule has 5 rings (SSSR count). The smallest absolute Gasteiger partial charge is 0.328 e. The zero-order chi connectivity index (χ0) is 27.0. The Kier molecular flexibility index (Phi) is 9.16. The lowest BCUT2D eigenvalue weighted by Crippen LogP contribution is -2.52. The third-order valence-corrected chi connectivity index (χ3v) is 8.05. The van der Waals surface area contributed by atoms with Gasteiger partial charge in [-0.15, -0.1) is 0 Å². The van der Waals surface area contributed by atoms with E-state index < -0.39 is 5.97 Å². The highest BCUT2D eigenvalue weighted by atomic mass is 16.5. The molecule has 2 saturated heterocycles. The van der Waals surface area contributed by atoms with Crippen LogP contribution in [0.1, 0.15) is 48.0 Å². The lowest BCUT2D eigenvalue weighted by Gasteiger charge is -2.43. The summed E-state index contributed by atoms with van der Waals surface area (Å²) < 4.78 is 12.0. The average Bonchev–Trinajstić information content (AvgIpc) is 2.98.